The molecule has 1 aromatic rings. The summed E-state index contributed by atoms with van der Waals surface area (Å²) in [5.41, 5.74) is 0.689. The molecular weight excluding hydrogens is 250 g/mol. The summed E-state index contributed by atoms with van der Waals surface area (Å²) in [5.74, 6) is 1.08. The molecule has 1 unspecified atom stereocenters. The molecule has 0 radical (unpaired) electrons. The molecule has 2 N–H and O–H groups in total. The molecule has 0 bridgehead atoms. The van der Waals surface area contributed by atoms with E-state index in [9.17, 15) is 5.11 Å². The lowest BCUT2D eigenvalue weighted by Crippen LogP contribution is -2.39. The van der Waals surface area contributed by atoms with Crippen LogP contribution < -0.4 is 10.1 Å². The van der Waals surface area contributed by atoms with Gasteiger partial charge in [0.15, 0.2) is 0 Å². The third-order valence-corrected chi connectivity index (χ3v) is 4.57. The molecule has 1 aliphatic carbocycles. The van der Waals surface area contributed by atoms with Crippen LogP contribution in [0.15, 0.2) is 24.3 Å². The van der Waals surface area contributed by atoms with E-state index >= 15 is 0 Å². The average Bonchev–Trinajstić information content (AvgIpc) is 2.49. The van der Waals surface area contributed by atoms with Crippen LogP contribution in [0.5, 0.6) is 5.75 Å². The van der Waals surface area contributed by atoms with Crippen LogP contribution >= 0.6 is 0 Å². The first kappa shape index (κ1) is 15.3. The van der Waals surface area contributed by atoms with Crippen molar-refractivity contribution in [1.82, 2.24) is 5.32 Å². The molecular formula is C17H27NO2. The van der Waals surface area contributed by atoms with Gasteiger partial charge in [0.2, 0.25) is 0 Å². The molecule has 0 aromatic heterocycles. The molecule has 0 heterocycles. The van der Waals surface area contributed by atoms with Gasteiger partial charge < -0.3 is 15.2 Å². The van der Waals surface area contributed by atoms with Gasteiger partial charge in [0, 0.05) is 5.92 Å². The Morgan fingerprint density at radius 3 is 2.40 bits per heavy atom. The Labute approximate surface area is 122 Å². The van der Waals surface area contributed by atoms with E-state index in [4.69, 9.17) is 4.74 Å². The lowest BCUT2D eigenvalue weighted by Gasteiger charge is -2.40. The Morgan fingerprint density at radius 1 is 1.20 bits per heavy atom. The van der Waals surface area contributed by atoms with Crippen LogP contribution in [-0.4, -0.2) is 31.4 Å². The van der Waals surface area contributed by atoms with Crippen LogP contribution in [0.1, 0.15) is 50.0 Å². The second-order valence-electron chi connectivity index (χ2n) is 5.88. The maximum Gasteiger partial charge on any atom is 0.118 e. The van der Waals surface area contributed by atoms with Crippen LogP contribution in [-0.2, 0) is 0 Å². The normalized spacial score (nSPS) is 19.6. The molecule has 1 aromatic carbocycles. The number of aliphatic hydroxyl groups is 1. The van der Waals surface area contributed by atoms with Gasteiger partial charge in [0.05, 0.1) is 12.7 Å². The lowest BCUT2D eigenvalue weighted by atomic mass is 9.71. The Balaban J connectivity index is 2.20. The summed E-state index contributed by atoms with van der Waals surface area (Å²) in [6, 6.07) is 8.19. The van der Waals surface area contributed by atoms with Crippen molar-refractivity contribution in [2.24, 2.45) is 0 Å². The topological polar surface area (TPSA) is 41.5 Å². The fraction of sp³-hybridized carbons (Fsp3) is 0.647. The standard InChI is InChI=1S/C17H27NO2/c1-18-13-10-16(17(19)11-4-3-5-12-17)14-6-8-15(20-2)9-7-14/h6-9,16,18-19H,3-5,10-13H2,1-2H3. The van der Waals surface area contributed by atoms with E-state index in [0.29, 0.717) is 0 Å². The molecule has 1 saturated carbocycles. The van der Waals surface area contributed by atoms with Crippen molar-refractivity contribution < 1.29 is 9.84 Å². The Morgan fingerprint density at radius 2 is 1.85 bits per heavy atom. The monoisotopic (exact) mass is 277 g/mol. The third-order valence-electron chi connectivity index (χ3n) is 4.57. The van der Waals surface area contributed by atoms with Gasteiger partial charge in [-0.05, 0) is 50.6 Å². The summed E-state index contributed by atoms with van der Waals surface area (Å²) in [5, 5.41) is 14.3. The number of rotatable bonds is 6. The lowest BCUT2D eigenvalue weighted by molar-refractivity contribution is -0.0239. The summed E-state index contributed by atoms with van der Waals surface area (Å²) >= 11 is 0. The Hall–Kier alpha value is -1.06. The zero-order valence-corrected chi connectivity index (χ0v) is 12.7. The van der Waals surface area contributed by atoms with Crippen LogP contribution in [0.25, 0.3) is 0 Å². The Bertz CT molecular complexity index is 396. The highest BCUT2D eigenvalue weighted by Crippen LogP contribution is 2.41. The number of nitrogens with one attached hydrogen (secondary N) is 1. The number of ether oxygens (including phenoxy) is 1. The minimum absolute atomic E-state index is 0.209. The van der Waals surface area contributed by atoms with Crippen LogP contribution in [0.3, 0.4) is 0 Å². The predicted molar refractivity (Wildman–Crippen MR) is 82.3 cm³/mol. The van der Waals surface area contributed by atoms with Crippen molar-refractivity contribution in [3.05, 3.63) is 29.8 Å². The van der Waals surface area contributed by atoms with Gasteiger partial charge in [-0.1, -0.05) is 31.4 Å². The largest absolute Gasteiger partial charge is 0.497 e. The summed E-state index contributed by atoms with van der Waals surface area (Å²) in [6.45, 7) is 0.930. The van der Waals surface area contributed by atoms with E-state index < -0.39 is 5.60 Å². The van der Waals surface area contributed by atoms with E-state index in [1.807, 2.05) is 19.2 Å². The minimum atomic E-state index is -0.538. The van der Waals surface area contributed by atoms with Gasteiger partial charge in [-0.2, -0.15) is 0 Å². The number of benzene rings is 1. The summed E-state index contributed by atoms with van der Waals surface area (Å²) in [6.07, 6.45) is 6.36. The van der Waals surface area contributed by atoms with Crippen molar-refractivity contribution in [1.29, 1.82) is 0 Å². The number of hydrogen-bond acceptors (Lipinski definition) is 3. The van der Waals surface area contributed by atoms with E-state index in [0.717, 1.165) is 44.4 Å². The molecule has 3 heteroatoms. The minimum Gasteiger partial charge on any atom is -0.497 e. The smallest absolute Gasteiger partial charge is 0.118 e. The zero-order valence-electron chi connectivity index (χ0n) is 12.7. The number of hydrogen-bond donors (Lipinski definition) is 2. The van der Waals surface area contributed by atoms with Crippen molar-refractivity contribution in [3.8, 4) is 5.75 Å². The van der Waals surface area contributed by atoms with Crippen LogP contribution in [0.2, 0.25) is 0 Å². The molecule has 20 heavy (non-hydrogen) atoms. The highest BCUT2D eigenvalue weighted by molar-refractivity contribution is 5.31. The van der Waals surface area contributed by atoms with Crippen LogP contribution in [0, 0.1) is 0 Å². The van der Waals surface area contributed by atoms with Crippen molar-refractivity contribution in [3.63, 3.8) is 0 Å². The predicted octanol–water partition coefficient (Wildman–Crippen LogP) is 3.08. The maximum absolute atomic E-state index is 11.1. The molecule has 0 spiro atoms. The highest BCUT2D eigenvalue weighted by Gasteiger charge is 2.38. The summed E-state index contributed by atoms with van der Waals surface area (Å²) in [4.78, 5) is 0. The van der Waals surface area contributed by atoms with Gasteiger partial charge in [-0.15, -0.1) is 0 Å². The molecule has 1 fully saturated rings. The Kier molecular flexibility index (Phi) is 5.44. The van der Waals surface area contributed by atoms with Crippen LogP contribution in [0.4, 0.5) is 0 Å². The van der Waals surface area contributed by atoms with Gasteiger partial charge in [0.25, 0.3) is 0 Å². The van der Waals surface area contributed by atoms with E-state index in [-0.39, 0.29) is 5.92 Å². The van der Waals surface area contributed by atoms with Crippen molar-refractivity contribution in [2.45, 2.75) is 50.0 Å². The average molecular weight is 277 g/mol. The second kappa shape index (κ2) is 7.09. The number of methoxy groups -OCH3 is 1. The fourth-order valence-corrected chi connectivity index (χ4v) is 3.38. The molecule has 112 valence electrons. The van der Waals surface area contributed by atoms with Gasteiger partial charge in [-0.25, -0.2) is 0 Å². The van der Waals surface area contributed by atoms with Gasteiger partial charge in [-0.3, -0.25) is 0 Å². The molecule has 0 amide bonds. The first-order valence-corrected chi connectivity index (χ1v) is 7.70. The molecule has 0 saturated heterocycles. The highest BCUT2D eigenvalue weighted by atomic mass is 16.5. The molecule has 2 rings (SSSR count). The summed E-state index contributed by atoms with van der Waals surface area (Å²) in [7, 11) is 3.65. The van der Waals surface area contributed by atoms with E-state index in [1.54, 1.807) is 7.11 Å². The maximum atomic E-state index is 11.1. The van der Waals surface area contributed by atoms with Gasteiger partial charge in [0.1, 0.15) is 5.75 Å². The quantitative estimate of drug-likeness (QED) is 0.839. The first-order chi connectivity index (χ1) is 9.69. The second-order valence-corrected chi connectivity index (χ2v) is 5.88. The van der Waals surface area contributed by atoms with Crippen molar-refractivity contribution >= 4 is 0 Å². The zero-order chi connectivity index (χ0) is 14.4. The van der Waals surface area contributed by atoms with Crippen molar-refractivity contribution in [2.75, 3.05) is 20.7 Å². The SMILES string of the molecule is CNCCC(c1ccc(OC)cc1)C1(O)CCCCC1. The molecule has 1 atom stereocenters. The molecule has 1 aliphatic rings. The van der Waals surface area contributed by atoms with E-state index in [1.165, 1.54) is 12.0 Å². The van der Waals surface area contributed by atoms with E-state index in [2.05, 4.69) is 17.4 Å². The fourth-order valence-electron chi connectivity index (χ4n) is 3.38. The summed E-state index contributed by atoms with van der Waals surface area (Å²) < 4.78 is 5.23. The molecule has 3 nitrogen and oxygen atoms in total. The van der Waals surface area contributed by atoms with Gasteiger partial charge >= 0.3 is 0 Å². The first-order valence-electron chi connectivity index (χ1n) is 7.70. The molecule has 0 aliphatic heterocycles. The third kappa shape index (κ3) is 3.53.